The maximum absolute atomic E-state index is 12.6. The fraction of sp³-hybridized carbons (Fsp3) is 0.350. The summed E-state index contributed by atoms with van der Waals surface area (Å²) in [6.45, 7) is 1.09. The van der Waals surface area contributed by atoms with Crippen molar-refractivity contribution in [2.24, 2.45) is 5.73 Å². The molecular formula is C20H23ClN4O4. The van der Waals surface area contributed by atoms with Crippen molar-refractivity contribution in [2.75, 3.05) is 13.1 Å². The average Bonchev–Trinajstić information content (AvgIpc) is 3.22. The lowest BCUT2D eigenvalue weighted by atomic mass is 10.0. The third kappa shape index (κ3) is 5.51. The van der Waals surface area contributed by atoms with Gasteiger partial charge in [-0.2, -0.15) is 0 Å². The molecule has 1 aliphatic heterocycles. The highest BCUT2D eigenvalue weighted by atomic mass is 35.5. The summed E-state index contributed by atoms with van der Waals surface area (Å²) in [6, 6.07) is 7.23. The first kappa shape index (κ1) is 20.7. The molecule has 8 nitrogen and oxygen atoms in total. The number of amides is 4. The van der Waals surface area contributed by atoms with Gasteiger partial charge in [-0.3, -0.25) is 9.59 Å². The third-order valence-corrected chi connectivity index (χ3v) is 5.25. The lowest BCUT2D eigenvalue weighted by Gasteiger charge is -2.32. The number of benzene rings is 1. The van der Waals surface area contributed by atoms with Crippen LogP contribution in [-0.2, 0) is 4.79 Å². The van der Waals surface area contributed by atoms with Crippen LogP contribution in [0.25, 0.3) is 0 Å². The summed E-state index contributed by atoms with van der Waals surface area (Å²) in [7, 11) is 0. The van der Waals surface area contributed by atoms with Gasteiger partial charge in [0.1, 0.15) is 6.26 Å². The molecular weight excluding hydrogens is 396 g/mol. The van der Waals surface area contributed by atoms with Crippen LogP contribution in [0.15, 0.2) is 47.3 Å². The Hall–Kier alpha value is -3.00. The lowest BCUT2D eigenvalue weighted by molar-refractivity contribution is -0.122. The number of hydrogen-bond acceptors (Lipinski definition) is 4. The molecule has 1 aromatic carbocycles. The van der Waals surface area contributed by atoms with Crippen LogP contribution in [0.2, 0.25) is 5.02 Å². The molecule has 0 unspecified atom stereocenters. The highest BCUT2D eigenvalue weighted by molar-refractivity contribution is 6.31. The number of furan rings is 1. The van der Waals surface area contributed by atoms with E-state index in [1.807, 2.05) is 0 Å². The fourth-order valence-corrected chi connectivity index (χ4v) is 3.70. The van der Waals surface area contributed by atoms with Gasteiger partial charge in [-0.1, -0.05) is 29.8 Å². The standard InChI is InChI=1S/C20H23ClN4O4/c21-16-4-2-1-3-15(16)17(24-20(22)28)11-18(26)23-14-5-8-25(9-6-14)19(27)13-7-10-29-12-13/h1-4,7,10,12,14,17H,5-6,8-9,11H2,(H,23,26)(H3,22,24,28)/t17-/m0/s1. The summed E-state index contributed by atoms with van der Waals surface area (Å²) in [6.07, 6.45) is 4.21. The number of hydrogen-bond donors (Lipinski definition) is 3. The van der Waals surface area contributed by atoms with E-state index < -0.39 is 12.1 Å². The van der Waals surface area contributed by atoms with Gasteiger partial charge in [0.25, 0.3) is 5.91 Å². The van der Waals surface area contributed by atoms with Gasteiger partial charge in [-0.25, -0.2) is 4.79 Å². The number of nitrogens with zero attached hydrogens (tertiary/aromatic N) is 1. The van der Waals surface area contributed by atoms with E-state index >= 15 is 0 Å². The number of halogens is 1. The van der Waals surface area contributed by atoms with E-state index in [1.165, 1.54) is 12.5 Å². The molecule has 2 heterocycles. The number of carbonyl (C=O) groups excluding carboxylic acids is 3. The van der Waals surface area contributed by atoms with Crippen molar-refractivity contribution >= 4 is 29.4 Å². The van der Waals surface area contributed by atoms with Crippen LogP contribution in [0.5, 0.6) is 0 Å². The zero-order chi connectivity index (χ0) is 20.8. The minimum Gasteiger partial charge on any atom is -0.472 e. The number of primary amides is 1. The van der Waals surface area contributed by atoms with E-state index in [0.717, 1.165) is 0 Å². The van der Waals surface area contributed by atoms with Crippen molar-refractivity contribution in [3.8, 4) is 0 Å². The van der Waals surface area contributed by atoms with Gasteiger partial charge in [-0.05, 0) is 30.5 Å². The largest absolute Gasteiger partial charge is 0.472 e. The van der Waals surface area contributed by atoms with Crippen molar-refractivity contribution in [1.82, 2.24) is 15.5 Å². The number of piperidine rings is 1. The molecule has 0 saturated carbocycles. The summed E-state index contributed by atoms with van der Waals surface area (Å²) in [5, 5.41) is 6.00. The molecule has 1 aromatic heterocycles. The first-order valence-corrected chi connectivity index (χ1v) is 9.73. The van der Waals surface area contributed by atoms with Crippen LogP contribution >= 0.6 is 11.6 Å². The highest BCUT2D eigenvalue weighted by Gasteiger charge is 2.26. The van der Waals surface area contributed by atoms with Crippen LogP contribution in [-0.4, -0.2) is 41.9 Å². The zero-order valence-corrected chi connectivity index (χ0v) is 16.5. The van der Waals surface area contributed by atoms with E-state index in [0.29, 0.717) is 42.1 Å². The number of carbonyl (C=O) groups is 3. The number of nitrogens with one attached hydrogen (secondary N) is 2. The van der Waals surface area contributed by atoms with Gasteiger partial charge in [-0.15, -0.1) is 0 Å². The molecule has 3 rings (SSSR count). The molecule has 1 atom stereocenters. The quantitative estimate of drug-likeness (QED) is 0.667. The number of nitrogens with two attached hydrogens (primary N) is 1. The highest BCUT2D eigenvalue weighted by Crippen LogP contribution is 2.25. The van der Waals surface area contributed by atoms with Crippen molar-refractivity contribution in [1.29, 1.82) is 0 Å². The molecule has 4 N–H and O–H groups in total. The van der Waals surface area contributed by atoms with Crippen LogP contribution in [0.3, 0.4) is 0 Å². The molecule has 0 aliphatic carbocycles. The summed E-state index contributed by atoms with van der Waals surface area (Å²) in [5.41, 5.74) is 6.40. The Morgan fingerprint density at radius 2 is 1.93 bits per heavy atom. The van der Waals surface area contributed by atoms with Crippen LogP contribution in [0.1, 0.15) is 41.2 Å². The Balaban J connectivity index is 1.54. The van der Waals surface area contributed by atoms with E-state index in [1.54, 1.807) is 35.2 Å². The average molecular weight is 419 g/mol. The van der Waals surface area contributed by atoms with Crippen molar-refractivity contribution in [2.45, 2.75) is 31.3 Å². The van der Waals surface area contributed by atoms with Gasteiger partial charge in [0, 0.05) is 24.2 Å². The molecule has 1 saturated heterocycles. The fourth-order valence-electron chi connectivity index (χ4n) is 3.44. The molecule has 0 spiro atoms. The number of rotatable bonds is 6. The predicted molar refractivity (Wildman–Crippen MR) is 107 cm³/mol. The molecule has 1 fully saturated rings. The maximum atomic E-state index is 12.6. The molecule has 1 aliphatic rings. The Labute approximate surface area is 173 Å². The van der Waals surface area contributed by atoms with E-state index in [-0.39, 0.29) is 24.3 Å². The second-order valence-electron chi connectivity index (χ2n) is 6.93. The van der Waals surface area contributed by atoms with Crippen LogP contribution in [0, 0.1) is 0 Å². The first-order chi connectivity index (χ1) is 13.9. The van der Waals surface area contributed by atoms with Gasteiger partial charge >= 0.3 is 6.03 Å². The van der Waals surface area contributed by atoms with Gasteiger partial charge in [0.15, 0.2) is 0 Å². The maximum Gasteiger partial charge on any atom is 0.312 e. The smallest absolute Gasteiger partial charge is 0.312 e. The topological polar surface area (TPSA) is 118 Å². The molecule has 0 bridgehead atoms. The molecule has 2 aromatic rings. The number of urea groups is 1. The Morgan fingerprint density at radius 1 is 1.21 bits per heavy atom. The van der Waals surface area contributed by atoms with Crippen LogP contribution < -0.4 is 16.4 Å². The Bertz CT molecular complexity index is 863. The lowest BCUT2D eigenvalue weighted by Crippen LogP contribution is -2.47. The zero-order valence-electron chi connectivity index (χ0n) is 15.8. The Morgan fingerprint density at radius 3 is 2.55 bits per heavy atom. The van der Waals surface area contributed by atoms with Crippen LogP contribution in [0.4, 0.5) is 4.79 Å². The van der Waals surface area contributed by atoms with E-state index in [2.05, 4.69) is 10.6 Å². The summed E-state index contributed by atoms with van der Waals surface area (Å²) in [4.78, 5) is 38.0. The molecule has 4 amide bonds. The minimum absolute atomic E-state index is 0.0147. The molecule has 29 heavy (non-hydrogen) atoms. The summed E-state index contributed by atoms with van der Waals surface area (Å²) in [5.74, 6) is -0.295. The predicted octanol–water partition coefficient (Wildman–Crippen LogP) is 2.45. The summed E-state index contributed by atoms with van der Waals surface area (Å²) < 4.78 is 4.96. The third-order valence-electron chi connectivity index (χ3n) is 4.90. The van der Waals surface area contributed by atoms with Crippen molar-refractivity contribution in [3.63, 3.8) is 0 Å². The molecule has 0 radical (unpaired) electrons. The SMILES string of the molecule is NC(=O)N[C@@H](CC(=O)NC1CCN(C(=O)c2ccoc2)CC1)c1ccccc1Cl. The first-order valence-electron chi connectivity index (χ1n) is 9.35. The summed E-state index contributed by atoms with van der Waals surface area (Å²) >= 11 is 6.20. The minimum atomic E-state index is -0.728. The van der Waals surface area contributed by atoms with Gasteiger partial charge in [0.2, 0.25) is 5.91 Å². The number of likely N-dealkylation sites (tertiary alicyclic amines) is 1. The normalized spacial score (nSPS) is 15.6. The second kappa shape index (κ2) is 9.47. The van der Waals surface area contributed by atoms with Gasteiger partial charge in [0.05, 0.1) is 24.3 Å². The van der Waals surface area contributed by atoms with Crippen molar-refractivity contribution in [3.05, 3.63) is 59.0 Å². The van der Waals surface area contributed by atoms with E-state index in [9.17, 15) is 14.4 Å². The molecule has 9 heteroatoms. The monoisotopic (exact) mass is 418 g/mol. The van der Waals surface area contributed by atoms with Gasteiger partial charge < -0.3 is 25.7 Å². The second-order valence-corrected chi connectivity index (χ2v) is 7.34. The van der Waals surface area contributed by atoms with Crippen molar-refractivity contribution < 1.29 is 18.8 Å². The van der Waals surface area contributed by atoms with E-state index in [4.69, 9.17) is 21.8 Å². The molecule has 154 valence electrons. The Kier molecular flexibility index (Phi) is 6.77.